The molecule has 1 nitrogen and oxygen atoms in total. The van der Waals surface area contributed by atoms with Crippen molar-refractivity contribution in [2.45, 2.75) is 6.92 Å². The molecule has 48 valence electrons. The van der Waals surface area contributed by atoms with Gasteiger partial charge in [0.15, 0.2) is 0 Å². The first kappa shape index (κ1) is 6.73. The highest BCUT2D eigenvalue weighted by Crippen LogP contribution is 2.26. The molecule has 1 rings (SSSR count). The van der Waals surface area contributed by atoms with Crippen LogP contribution in [0.4, 0.5) is 0 Å². The average molecular weight is 140 g/mol. The highest BCUT2D eigenvalue weighted by molar-refractivity contribution is 7.94. The van der Waals surface area contributed by atoms with Crippen LogP contribution in [0.15, 0.2) is 11.5 Å². The number of hydrogen-bond acceptors (Lipinski definition) is 1. The second kappa shape index (κ2) is 2.09. The van der Waals surface area contributed by atoms with Crippen molar-refractivity contribution in [1.29, 1.82) is 0 Å². The molecule has 0 radical (unpaired) electrons. The maximum atomic E-state index is 10.7. The van der Waals surface area contributed by atoms with E-state index in [0.717, 1.165) is 0 Å². The number of hydrogen-bond donors (Lipinski definition) is 0. The van der Waals surface area contributed by atoms with Crippen molar-refractivity contribution in [1.82, 2.24) is 0 Å². The van der Waals surface area contributed by atoms with Crippen molar-refractivity contribution >= 4 is 11.2 Å². The summed E-state index contributed by atoms with van der Waals surface area (Å²) in [5.74, 6) is 3.18. The van der Waals surface area contributed by atoms with E-state index in [-0.39, 0.29) is 5.41 Å². The highest BCUT2D eigenvalue weighted by atomic mass is 32.2. The molecule has 0 amide bonds. The van der Waals surface area contributed by atoms with Crippen LogP contribution >= 0.6 is 0 Å². The second-order valence-corrected chi connectivity index (χ2v) is 3.71. The van der Waals surface area contributed by atoms with Crippen LogP contribution in [0.3, 0.4) is 0 Å². The maximum Gasteiger partial charge on any atom is 0.130 e. The van der Waals surface area contributed by atoms with Crippen LogP contribution in [0.1, 0.15) is 6.92 Å². The van der Waals surface area contributed by atoms with Crippen molar-refractivity contribution in [2.24, 2.45) is 5.41 Å². The SMILES string of the molecule is C#CC1(C)C=C[S+]([O-])C1. The normalized spacial score (nSPS) is 40.8. The summed E-state index contributed by atoms with van der Waals surface area (Å²) in [6.45, 7) is 1.91. The first-order valence-electron chi connectivity index (χ1n) is 2.71. The summed E-state index contributed by atoms with van der Waals surface area (Å²) in [6, 6.07) is 0. The lowest BCUT2D eigenvalue weighted by molar-refractivity contribution is 0.586. The summed E-state index contributed by atoms with van der Waals surface area (Å²) < 4.78 is 10.7. The van der Waals surface area contributed by atoms with Gasteiger partial charge in [0.2, 0.25) is 0 Å². The molecule has 0 aromatic carbocycles. The van der Waals surface area contributed by atoms with Gasteiger partial charge in [0, 0.05) is 0 Å². The number of rotatable bonds is 0. The summed E-state index contributed by atoms with van der Waals surface area (Å²) in [7, 11) is 0. The predicted molar refractivity (Wildman–Crippen MR) is 39.1 cm³/mol. The Hall–Kier alpha value is -0.390. The third kappa shape index (κ3) is 1.29. The average Bonchev–Trinajstić information content (AvgIpc) is 2.13. The van der Waals surface area contributed by atoms with Gasteiger partial charge >= 0.3 is 0 Å². The lowest BCUT2D eigenvalue weighted by Gasteiger charge is -2.09. The summed E-state index contributed by atoms with van der Waals surface area (Å²) in [5, 5.41) is 1.67. The van der Waals surface area contributed by atoms with Crippen molar-refractivity contribution in [2.75, 3.05) is 5.75 Å². The van der Waals surface area contributed by atoms with Gasteiger partial charge in [-0.2, -0.15) is 0 Å². The Kier molecular flexibility index (Phi) is 1.56. The molecule has 0 saturated heterocycles. The van der Waals surface area contributed by atoms with Crippen LogP contribution in [0.2, 0.25) is 0 Å². The predicted octanol–water partition coefficient (Wildman–Crippen LogP) is 0.902. The molecule has 0 saturated carbocycles. The monoisotopic (exact) mass is 140 g/mol. The minimum Gasteiger partial charge on any atom is -0.612 e. The molecular weight excluding hydrogens is 132 g/mol. The van der Waals surface area contributed by atoms with Crippen LogP contribution in [0.25, 0.3) is 0 Å². The summed E-state index contributed by atoms with van der Waals surface area (Å²) >= 11 is -0.815. The smallest absolute Gasteiger partial charge is 0.130 e. The molecule has 2 heteroatoms. The third-order valence-electron chi connectivity index (χ3n) is 1.36. The van der Waals surface area contributed by atoms with E-state index >= 15 is 0 Å². The van der Waals surface area contributed by atoms with Gasteiger partial charge in [-0.25, -0.2) is 0 Å². The molecule has 0 fully saturated rings. The summed E-state index contributed by atoms with van der Waals surface area (Å²) in [6.07, 6.45) is 7.03. The molecule has 9 heavy (non-hydrogen) atoms. The molecule has 0 aromatic rings. The van der Waals surface area contributed by atoms with Crippen molar-refractivity contribution in [3.63, 3.8) is 0 Å². The van der Waals surface area contributed by atoms with Crippen LogP contribution < -0.4 is 0 Å². The fraction of sp³-hybridized carbons (Fsp3) is 0.429. The van der Waals surface area contributed by atoms with E-state index in [4.69, 9.17) is 6.42 Å². The molecule has 0 spiro atoms. The zero-order valence-electron chi connectivity index (χ0n) is 5.26. The van der Waals surface area contributed by atoms with Gasteiger partial charge in [-0.05, 0) is 24.2 Å². The van der Waals surface area contributed by atoms with Crippen molar-refractivity contribution in [3.8, 4) is 12.3 Å². The summed E-state index contributed by atoms with van der Waals surface area (Å²) in [5.41, 5.74) is -0.245. The van der Waals surface area contributed by atoms with Gasteiger partial charge in [0.05, 0.1) is 5.41 Å². The molecule has 0 N–H and O–H groups in total. The van der Waals surface area contributed by atoms with Gasteiger partial charge < -0.3 is 4.55 Å². The lowest BCUT2D eigenvalue weighted by atomic mass is 9.96. The van der Waals surface area contributed by atoms with E-state index < -0.39 is 11.2 Å². The zero-order valence-corrected chi connectivity index (χ0v) is 6.07. The van der Waals surface area contributed by atoms with Gasteiger partial charge in [0.25, 0.3) is 0 Å². The Labute approximate surface area is 58.3 Å². The molecule has 0 bridgehead atoms. The molecule has 1 aliphatic rings. The minimum atomic E-state index is -0.815. The Morgan fingerprint density at radius 3 is 2.78 bits per heavy atom. The first-order chi connectivity index (χ1) is 4.16. The van der Waals surface area contributed by atoms with Crippen LogP contribution in [-0.2, 0) is 11.2 Å². The first-order valence-corrected chi connectivity index (χ1v) is 4.09. The van der Waals surface area contributed by atoms with E-state index in [1.807, 2.05) is 13.0 Å². The molecule has 1 heterocycles. The van der Waals surface area contributed by atoms with Gasteiger partial charge in [-0.15, -0.1) is 6.42 Å². The number of allylic oxidation sites excluding steroid dienone is 1. The fourth-order valence-electron chi connectivity index (χ4n) is 0.708. The van der Waals surface area contributed by atoms with Crippen molar-refractivity contribution in [3.05, 3.63) is 11.5 Å². The van der Waals surface area contributed by atoms with Crippen LogP contribution in [0, 0.1) is 17.8 Å². The minimum absolute atomic E-state index is 0.245. The zero-order chi connectivity index (χ0) is 6.91. The third-order valence-corrected chi connectivity index (χ3v) is 2.68. The molecule has 0 aliphatic carbocycles. The molecule has 1 aliphatic heterocycles. The van der Waals surface area contributed by atoms with Gasteiger partial charge in [-0.1, -0.05) is 5.92 Å². The van der Waals surface area contributed by atoms with Gasteiger partial charge in [0.1, 0.15) is 11.2 Å². The van der Waals surface area contributed by atoms with Crippen LogP contribution in [0.5, 0.6) is 0 Å². The Morgan fingerprint density at radius 1 is 1.89 bits per heavy atom. The lowest BCUT2D eigenvalue weighted by Crippen LogP contribution is -2.15. The van der Waals surface area contributed by atoms with E-state index in [1.54, 1.807) is 5.41 Å². The van der Waals surface area contributed by atoms with E-state index in [9.17, 15) is 4.55 Å². The Bertz CT molecular complexity index is 180. The topological polar surface area (TPSA) is 23.1 Å². The summed E-state index contributed by atoms with van der Waals surface area (Å²) in [4.78, 5) is 0. The van der Waals surface area contributed by atoms with E-state index in [1.165, 1.54) is 0 Å². The molecular formula is C7H8OS. The standard InChI is InChI=1S/C7H8OS/c1-3-7(2)4-5-9(8)6-7/h1,4-5H,6H2,2H3. The van der Waals surface area contributed by atoms with E-state index in [0.29, 0.717) is 5.75 Å². The van der Waals surface area contributed by atoms with Crippen molar-refractivity contribution < 1.29 is 4.55 Å². The highest BCUT2D eigenvalue weighted by Gasteiger charge is 2.30. The largest absolute Gasteiger partial charge is 0.612 e. The Balaban J connectivity index is 2.71. The molecule has 0 aromatic heterocycles. The van der Waals surface area contributed by atoms with Gasteiger partial charge in [-0.3, -0.25) is 0 Å². The molecule has 2 atom stereocenters. The van der Waals surface area contributed by atoms with E-state index in [2.05, 4.69) is 5.92 Å². The fourth-order valence-corrected chi connectivity index (χ4v) is 2.03. The molecule has 2 unspecified atom stereocenters. The quantitative estimate of drug-likeness (QED) is 0.362. The van der Waals surface area contributed by atoms with Crippen LogP contribution in [-0.4, -0.2) is 10.3 Å². The second-order valence-electron chi connectivity index (χ2n) is 2.39. The Morgan fingerprint density at radius 2 is 2.56 bits per heavy atom. The maximum absolute atomic E-state index is 10.7. The number of terminal acetylenes is 1.